The molecule has 0 aliphatic carbocycles. The second-order valence-corrected chi connectivity index (χ2v) is 14.5. The van der Waals surface area contributed by atoms with E-state index in [-0.39, 0.29) is 25.5 Å². The average molecular weight is 851 g/mol. The highest BCUT2D eigenvalue weighted by Crippen LogP contribution is 2.15. The Labute approximate surface area is 351 Å². The molecule has 0 saturated heterocycles. The lowest BCUT2D eigenvalue weighted by Gasteiger charge is -2.06. The van der Waals surface area contributed by atoms with Crippen LogP contribution < -0.4 is 39.3 Å². The van der Waals surface area contributed by atoms with Gasteiger partial charge in [-0.15, -0.1) is 0 Å². The van der Waals surface area contributed by atoms with Crippen LogP contribution in [0.4, 0.5) is 0 Å². The van der Waals surface area contributed by atoms with Gasteiger partial charge in [-0.2, -0.15) is 0 Å². The Morgan fingerprint density at radius 2 is 0.814 bits per heavy atom. The Balaban J connectivity index is -0.000000467. The van der Waals surface area contributed by atoms with E-state index in [0.29, 0.717) is 25.8 Å². The van der Waals surface area contributed by atoms with Crippen LogP contribution in [0.1, 0.15) is 173 Å². The van der Waals surface area contributed by atoms with E-state index in [9.17, 15) is 28.8 Å². The minimum absolute atomic E-state index is 0.0851. The summed E-state index contributed by atoms with van der Waals surface area (Å²) in [4.78, 5) is 60.2. The number of primary amides is 1. The molecular formula is C40H82N8O11. The average Bonchev–Trinajstić information content (AvgIpc) is 3.16. The lowest BCUT2D eigenvalue weighted by molar-refractivity contribution is -0.140. The maximum absolute atomic E-state index is 10.4. The van der Waals surface area contributed by atoms with Crippen LogP contribution in [0.3, 0.4) is 0 Å². The van der Waals surface area contributed by atoms with E-state index in [1.807, 2.05) is 0 Å². The molecule has 0 rings (SSSR count). The molecule has 0 aromatic carbocycles. The van der Waals surface area contributed by atoms with E-state index in [2.05, 4.69) is 22.1 Å². The molecule has 1 amide bonds. The summed E-state index contributed by atoms with van der Waals surface area (Å²) in [5, 5.41) is 53.5. The lowest BCUT2D eigenvalue weighted by atomic mass is 10.0. The molecule has 59 heavy (non-hydrogen) atoms. The highest BCUT2D eigenvalue weighted by molar-refractivity contribution is 5.83. The minimum atomic E-state index is -1.21. The van der Waals surface area contributed by atoms with E-state index in [4.69, 9.17) is 48.1 Å². The summed E-state index contributed by atoms with van der Waals surface area (Å²) in [5.74, 6) is -5.43. The van der Waals surface area contributed by atoms with Crippen LogP contribution in [0.25, 0.3) is 0 Å². The summed E-state index contributed by atoms with van der Waals surface area (Å²) >= 11 is 0. The SMILES string of the molecule is N=C(N)NCCC[C@H](N)C(=O)O.NC(=O)C[C@H](N)C(=O)O.NCC(=O)O.O=C(O)CCCCCCCCCCCCCCCCCCCCCCCCCNCC(=O)O. The number of unbranched alkanes of at least 4 members (excludes halogenated alkanes) is 22. The standard InChI is InChI=1S/C28H55NO4.C6H14N4O2.C4H8N2O3.C2H5NO2/c30-27(31)24-22-20-18-16-14-12-10-8-6-4-2-1-3-5-7-9-11-13-15-17-19-21-23-25-29-26-28(32)33;7-4(5(11)12)2-1-3-10-6(8)9;5-2(4(8)9)1-3(6)7;3-1-2(4)5/h29H,1-26H2,(H,30,31)(H,32,33);4H,1-3,7H2,(H,11,12)(H4,8,9,10);2H,1,5H2,(H2,6,7)(H,8,9);1,3H2,(H,4,5)/t;4-;2-;/m.00./s1. The van der Waals surface area contributed by atoms with Gasteiger partial charge in [-0.05, 0) is 32.2 Å². The lowest BCUT2D eigenvalue weighted by Crippen LogP contribution is -2.34. The second-order valence-electron chi connectivity index (χ2n) is 14.5. The number of nitrogens with two attached hydrogens (primary N) is 5. The van der Waals surface area contributed by atoms with Crippen molar-refractivity contribution in [3.8, 4) is 0 Å². The summed E-state index contributed by atoms with van der Waals surface area (Å²) in [6, 6.07) is -1.98. The number of carboxylic acids is 5. The highest BCUT2D eigenvalue weighted by Gasteiger charge is 2.13. The predicted molar refractivity (Wildman–Crippen MR) is 230 cm³/mol. The van der Waals surface area contributed by atoms with E-state index in [1.54, 1.807) is 0 Å². The van der Waals surface area contributed by atoms with E-state index in [0.717, 1.165) is 25.8 Å². The number of rotatable bonds is 37. The van der Waals surface area contributed by atoms with Crippen molar-refractivity contribution in [3.63, 3.8) is 0 Å². The number of hydrogen-bond donors (Lipinski definition) is 13. The summed E-state index contributed by atoms with van der Waals surface area (Å²) in [6.07, 6.45) is 31.1. The van der Waals surface area contributed by atoms with Gasteiger partial charge in [-0.25, -0.2) is 0 Å². The van der Waals surface area contributed by atoms with Gasteiger partial charge in [0.2, 0.25) is 5.91 Å². The quantitative estimate of drug-likeness (QED) is 0.0238. The van der Waals surface area contributed by atoms with E-state index < -0.39 is 47.8 Å². The van der Waals surface area contributed by atoms with E-state index >= 15 is 0 Å². The molecule has 348 valence electrons. The van der Waals surface area contributed by atoms with Crippen molar-refractivity contribution in [2.75, 3.05) is 26.2 Å². The maximum Gasteiger partial charge on any atom is 0.321 e. The highest BCUT2D eigenvalue weighted by atomic mass is 16.4. The molecule has 19 heteroatoms. The van der Waals surface area contributed by atoms with Gasteiger partial charge in [0.15, 0.2) is 5.96 Å². The zero-order chi connectivity index (χ0) is 45.5. The van der Waals surface area contributed by atoms with Crippen molar-refractivity contribution < 1.29 is 54.3 Å². The molecule has 0 aromatic heterocycles. The van der Waals surface area contributed by atoms with Crippen LogP contribution in [0.15, 0.2) is 0 Å². The molecule has 0 aromatic rings. The molecule has 0 radical (unpaired) electrons. The van der Waals surface area contributed by atoms with Crippen LogP contribution in [-0.2, 0) is 28.8 Å². The summed E-state index contributed by atoms with van der Waals surface area (Å²) < 4.78 is 0. The van der Waals surface area contributed by atoms with Gasteiger partial charge in [0.1, 0.15) is 12.1 Å². The van der Waals surface area contributed by atoms with Crippen molar-refractivity contribution >= 4 is 41.7 Å². The fourth-order valence-corrected chi connectivity index (χ4v) is 5.41. The van der Waals surface area contributed by atoms with Gasteiger partial charge < -0.3 is 64.8 Å². The van der Waals surface area contributed by atoms with E-state index in [1.165, 1.54) is 128 Å². The minimum Gasteiger partial charge on any atom is -0.481 e. The molecule has 0 unspecified atom stereocenters. The molecule has 2 atom stereocenters. The normalized spacial score (nSPS) is 11.2. The van der Waals surface area contributed by atoms with Crippen molar-refractivity contribution in [2.45, 2.75) is 185 Å². The third kappa shape index (κ3) is 66.0. The Kier molecular flexibility index (Phi) is 50.4. The Morgan fingerprint density at radius 1 is 0.475 bits per heavy atom. The number of carbonyl (C=O) groups excluding carboxylic acids is 1. The zero-order valence-corrected chi connectivity index (χ0v) is 35.6. The number of carbonyl (C=O) groups is 6. The Bertz CT molecular complexity index is 1030. The largest absolute Gasteiger partial charge is 0.481 e. The number of hydrogen-bond acceptors (Lipinski definition) is 11. The molecular weight excluding hydrogens is 768 g/mol. The third-order valence-corrected chi connectivity index (χ3v) is 8.76. The second kappa shape index (κ2) is 48.3. The molecule has 18 N–H and O–H groups in total. The smallest absolute Gasteiger partial charge is 0.321 e. The first-order valence-electron chi connectivity index (χ1n) is 21.4. The number of carboxylic acid groups (broad SMARTS) is 5. The van der Waals surface area contributed by atoms with Crippen molar-refractivity contribution in [3.05, 3.63) is 0 Å². The monoisotopic (exact) mass is 851 g/mol. The third-order valence-electron chi connectivity index (χ3n) is 8.76. The first kappa shape index (κ1) is 61.6. The van der Waals surface area contributed by atoms with Crippen molar-refractivity contribution in [1.29, 1.82) is 5.41 Å². The zero-order valence-electron chi connectivity index (χ0n) is 35.6. The number of nitrogens with one attached hydrogen (secondary N) is 3. The first-order valence-corrected chi connectivity index (χ1v) is 21.4. The van der Waals surface area contributed by atoms with Gasteiger partial charge in [0, 0.05) is 13.0 Å². The van der Waals surface area contributed by atoms with Crippen molar-refractivity contribution in [1.82, 2.24) is 10.6 Å². The maximum atomic E-state index is 10.4. The molecule has 19 nitrogen and oxygen atoms in total. The van der Waals surface area contributed by atoms with Crippen molar-refractivity contribution in [2.24, 2.45) is 28.7 Å². The molecule has 0 bridgehead atoms. The predicted octanol–water partition coefficient (Wildman–Crippen LogP) is 4.07. The first-order chi connectivity index (χ1) is 28.0. The van der Waals surface area contributed by atoms with Gasteiger partial charge in [0.25, 0.3) is 0 Å². The number of amides is 1. The number of guanidine groups is 1. The van der Waals surface area contributed by atoms with Crippen LogP contribution in [0.5, 0.6) is 0 Å². The fraction of sp³-hybridized carbons (Fsp3) is 0.825. The summed E-state index contributed by atoms with van der Waals surface area (Å²) in [7, 11) is 0. The molecule has 0 saturated carbocycles. The number of aliphatic carboxylic acids is 5. The van der Waals surface area contributed by atoms with Gasteiger partial charge in [0.05, 0.1) is 19.5 Å². The Hall–Kier alpha value is -4.07. The molecule has 0 aliphatic heterocycles. The van der Waals surface area contributed by atoms with Crippen LogP contribution in [-0.4, -0.2) is 106 Å². The van der Waals surface area contributed by atoms with Crippen LogP contribution in [0.2, 0.25) is 0 Å². The van der Waals surface area contributed by atoms with Crippen LogP contribution in [0, 0.1) is 5.41 Å². The fourth-order valence-electron chi connectivity index (χ4n) is 5.41. The molecule has 0 heterocycles. The van der Waals surface area contributed by atoms with Gasteiger partial charge >= 0.3 is 29.8 Å². The molecule has 0 fully saturated rings. The summed E-state index contributed by atoms with van der Waals surface area (Å²) in [6.45, 7) is 1.12. The summed E-state index contributed by atoms with van der Waals surface area (Å²) in [5.41, 5.74) is 24.4. The topological polar surface area (TPSA) is 382 Å². The molecule has 0 spiro atoms. The van der Waals surface area contributed by atoms with Gasteiger partial charge in [-0.3, -0.25) is 34.2 Å². The molecule has 0 aliphatic rings. The van der Waals surface area contributed by atoms with Gasteiger partial charge in [-0.1, -0.05) is 135 Å². The Morgan fingerprint density at radius 3 is 1.07 bits per heavy atom. The van der Waals surface area contributed by atoms with Crippen LogP contribution >= 0.6 is 0 Å².